The highest BCUT2D eigenvalue weighted by molar-refractivity contribution is 8.01. The third-order valence-corrected chi connectivity index (χ3v) is 12.1. The van der Waals surface area contributed by atoms with Crippen molar-refractivity contribution in [2.24, 2.45) is 0 Å². The Hall–Kier alpha value is -5.62. The lowest BCUT2D eigenvalue weighted by atomic mass is 9.36. The molecule has 0 radical (unpaired) electrons. The maximum absolute atomic E-state index is 5.09. The highest BCUT2D eigenvalue weighted by Crippen LogP contribution is 2.41. The van der Waals surface area contributed by atoms with Crippen LogP contribution in [0.5, 0.6) is 0 Å². The summed E-state index contributed by atoms with van der Waals surface area (Å²) in [6.07, 6.45) is 0. The predicted molar refractivity (Wildman–Crippen MR) is 215 cm³/mol. The average Bonchev–Trinajstić information content (AvgIpc) is 3.21. The monoisotopic (exact) mass is 684 g/mol. The van der Waals surface area contributed by atoms with Crippen LogP contribution in [0.15, 0.2) is 196 Å². The van der Waals surface area contributed by atoms with E-state index < -0.39 is 0 Å². The number of aromatic nitrogens is 2. The minimum atomic E-state index is 0.262. The molecule has 8 aromatic rings. The van der Waals surface area contributed by atoms with E-state index in [0.29, 0.717) is 5.82 Å². The topological polar surface area (TPSA) is 25.8 Å². The molecule has 0 fully saturated rings. The molecule has 51 heavy (non-hydrogen) atoms. The third-order valence-electron chi connectivity index (χ3n) is 9.81. The largest absolute Gasteiger partial charge is 0.247 e. The van der Waals surface area contributed by atoms with E-state index in [4.69, 9.17) is 9.97 Å². The first-order chi connectivity index (χ1) is 25.2. The molecule has 0 N–H and O–H groups in total. The van der Waals surface area contributed by atoms with Crippen LogP contribution in [0.2, 0.25) is 0 Å². The van der Waals surface area contributed by atoms with Gasteiger partial charge in [-0.05, 0) is 70.2 Å². The molecule has 5 heteroatoms. The summed E-state index contributed by atoms with van der Waals surface area (Å²) in [4.78, 5) is 15.6. The van der Waals surface area contributed by atoms with Gasteiger partial charge < -0.3 is 0 Å². The lowest BCUT2D eigenvalue weighted by Crippen LogP contribution is -2.57. The highest BCUT2D eigenvalue weighted by Gasteiger charge is 2.38. The standard InChI is InChI=1S/C46H29BN2S2/c1-3-13-30(14-4-1)39-29-40(31-15-5-2-6-16-31)49-46(48-39)35-20-12-18-33(26-35)32-17-11-19-34(25-32)36-27-43-45-44(28-36)51-42-24-10-8-22-38(42)47(45)37-21-7-9-23-41(37)50-43/h1-29H. The molecule has 0 amide bonds. The van der Waals surface area contributed by atoms with E-state index in [0.717, 1.165) is 39.2 Å². The Morgan fingerprint density at radius 1 is 0.333 bits per heavy atom. The van der Waals surface area contributed by atoms with E-state index in [-0.39, 0.29) is 6.71 Å². The maximum Gasteiger partial charge on any atom is 0.247 e. The van der Waals surface area contributed by atoms with Crippen molar-refractivity contribution >= 4 is 46.6 Å². The first-order valence-corrected chi connectivity index (χ1v) is 18.8. The fraction of sp³-hybridized carbons (Fsp3) is 0. The van der Waals surface area contributed by atoms with Gasteiger partial charge >= 0.3 is 0 Å². The van der Waals surface area contributed by atoms with Gasteiger partial charge in [0.15, 0.2) is 5.82 Å². The molecule has 3 heterocycles. The number of rotatable bonds is 5. The lowest BCUT2D eigenvalue weighted by molar-refractivity contribution is 1.18. The lowest BCUT2D eigenvalue weighted by Gasteiger charge is -2.33. The van der Waals surface area contributed by atoms with Crippen LogP contribution in [0.3, 0.4) is 0 Å². The molecular formula is C46H29BN2S2. The van der Waals surface area contributed by atoms with Crippen LogP contribution < -0.4 is 16.4 Å². The van der Waals surface area contributed by atoms with Crippen molar-refractivity contribution in [3.8, 4) is 56.2 Å². The van der Waals surface area contributed by atoms with Gasteiger partial charge in [-0.25, -0.2) is 9.97 Å². The van der Waals surface area contributed by atoms with Gasteiger partial charge in [0.05, 0.1) is 11.4 Å². The molecule has 2 nitrogen and oxygen atoms in total. The third kappa shape index (κ3) is 5.50. The van der Waals surface area contributed by atoms with E-state index in [9.17, 15) is 0 Å². The zero-order valence-electron chi connectivity index (χ0n) is 27.5. The summed E-state index contributed by atoms with van der Waals surface area (Å²) >= 11 is 3.81. The summed E-state index contributed by atoms with van der Waals surface area (Å²) in [5.74, 6) is 0.714. The Morgan fingerprint density at radius 3 is 1.31 bits per heavy atom. The Labute approximate surface area is 306 Å². The Balaban J connectivity index is 1.05. The molecule has 238 valence electrons. The van der Waals surface area contributed by atoms with E-state index in [1.54, 1.807) is 0 Å². The van der Waals surface area contributed by atoms with E-state index >= 15 is 0 Å². The van der Waals surface area contributed by atoms with Gasteiger partial charge in [-0.2, -0.15) is 0 Å². The van der Waals surface area contributed by atoms with Crippen molar-refractivity contribution in [3.63, 3.8) is 0 Å². The van der Waals surface area contributed by atoms with Crippen LogP contribution in [-0.2, 0) is 0 Å². The number of hydrogen-bond donors (Lipinski definition) is 0. The SMILES string of the molecule is c1ccc(-c2cc(-c3ccccc3)nc(-c3cccc(-c4cccc(-c5cc6c7c(c5)Sc5ccccc5B7c5ccccc5S6)c4)c3)n2)cc1. The van der Waals surface area contributed by atoms with E-state index in [1.807, 2.05) is 35.7 Å². The maximum atomic E-state index is 5.09. The van der Waals surface area contributed by atoms with Gasteiger partial charge in [0.2, 0.25) is 6.71 Å². The second-order valence-electron chi connectivity index (χ2n) is 13.0. The normalized spacial score (nSPS) is 12.5. The zero-order chi connectivity index (χ0) is 33.7. The summed E-state index contributed by atoms with van der Waals surface area (Å²) in [7, 11) is 0. The van der Waals surface area contributed by atoms with Crippen LogP contribution in [0, 0.1) is 0 Å². The van der Waals surface area contributed by atoms with Crippen LogP contribution in [0.25, 0.3) is 56.2 Å². The van der Waals surface area contributed by atoms with E-state index in [2.05, 4.69) is 164 Å². The number of fused-ring (bicyclic) bond motifs is 4. The highest BCUT2D eigenvalue weighted by atomic mass is 32.2. The van der Waals surface area contributed by atoms with E-state index in [1.165, 1.54) is 47.1 Å². The van der Waals surface area contributed by atoms with Gasteiger partial charge in [-0.3, -0.25) is 0 Å². The summed E-state index contributed by atoms with van der Waals surface area (Å²) in [5, 5.41) is 0. The molecule has 7 aromatic carbocycles. The molecule has 0 saturated heterocycles. The van der Waals surface area contributed by atoms with Crippen LogP contribution in [-0.4, -0.2) is 16.7 Å². The molecule has 1 aromatic heterocycles. The molecule has 0 saturated carbocycles. The smallest absolute Gasteiger partial charge is 0.228 e. The minimum Gasteiger partial charge on any atom is -0.228 e. The Morgan fingerprint density at radius 2 is 0.765 bits per heavy atom. The van der Waals surface area contributed by atoms with Gasteiger partial charge in [-0.15, -0.1) is 0 Å². The summed E-state index contributed by atoms with van der Waals surface area (Å²) < 4.78 is 0. The van der Waals surface area contributed by atoms with Crippen molar-refractivity contribution < 1.29 is 0 Å². The van der Waals surface area contributed by atoms with Crippen LogP contribution >= 0.6 is 23.5 Å². The molecule has 2 aliphatic heterocycles. The fourth-order valence-corrected chi connectivity index (χ4v) is 9.85. The second kappa shape index (κ2) is 12.6. The van der Waals surface area contributed by atoms with Crippen molar-refractivity contribution in [2.75, 3.05) is 0 Å². The molecule has 0 atom stereocenters. The number of hydrogen-bond acceptors (Lipinski definition) is 4. The molecule has 2 aliphatic rings. The molecule has 0 spiro atoms. The number of benzene rings is 7. The summed E-state index contributed by atoms with van der Waals surface area (Å²) in [6.45, 7) is 0.262. The molecular weight excluding hydrogens is 655 g/mol. The first-order valence-electron chi connectivity index (χ1n) is 17.2. The van der Waals surface area contributed by atoms with Crippen molar-refractivity contribution in [1.82, 2.24) is 9.97 Å². The molecule has 10 rings (SSSR count). The van der Waals surface area contributed by atoms with Crippen molar-refractivity contribution in [2.45, 2.75) is 19.6 Å². The fourth-order valence-electron chi connectivity index (χ4n) is 7.37. The molecule has 0 unspecified atom stereocenters. The summed E-state index contributed by atoms with van der Waals surface area (Å²) in [6, 6.07) is 63.0. The average molecular weight is 685 g/mol. The Kier molecular flexibility index (Phi) is 7.48. The molecule has 0 bridgehead atoms. The summed E-state index contributed by atoms with van der Waals surface area (Å²) in [5.41, 5.74) is 14.0. The second-order valence-corrected chi connectivity index (χ2v) is 15.1. The zero-order valence-corrected chi connectivity index (χ0v) is 29.2. The van der Waals surface area contributed by atoms with Crippen LogP contribution in [0.1, 0.15) is 0 Å². The quantitative estimate of drug-likeness (QED) is 0.169. The minimum absolute atomic E-state index is 0.262. The number of nitrogens with zero attached hydrogens (tertiary/aromatic N) is 2. The first kappa shape index (κ1) is 30.2. The van der Waals surface area contributed by atoms with Gasteiger partial charge in [0.25, 0.3) is 0 Å². The predicted octanol–water partition coefficient (Wildman–Crippen LogP) is 10.3. The van der Waals surface area contributed by atoms with Crippen molar-refractivity contribution in [1.29, 1.82) is 0 Å². The van der Waals surface area contributed by atoms with Crippen molar-refractivity contribution in [3.05, 3.63) is 176 Å². The van der Waals surface area contributed by atoms with Gasteiger partial charge in [0.1, 0.15) is 0 Å². The van der Waals surface area contributed by atoms with Gasteiger partial charge in [0, 0.05) is 36.3 Å². The van der Waals surface area contributed by atoms with Crippen LogP contribution in [0.4, 0.5) is 0 Å². The molecule has 0 aliphatic carbocycles. The van der Waals surface area contributed by atoms with Gasteiger partial charge in [-0.1, -0.05) is 168 Å². The Bertz CT molecular complexity index is 2480.